The highest BCUT2D eigenvalue weighted by atomic mass is 35.5. The number of benzene rings is 1. The van der Waals surface area contributed by atoms with Gasteiger partial charge in [-0.15, -0.1) is 0 Å². The second kappa shape index (κ2) is 5.91. The molecule has 0 radical (unpaired) electrons. The topological polar surface area (TPSA) is 76.4 Å². The first kappa shape index (κ1) is 15.6. The fourth-order valence-corrected chi connectivity index (χ4v) is 3.12. The number of hydrogen-bond acceptors (Lipinski definition) is 4. The molecule has 1 N–H and O–H groups in total. The third-order valence-electron chi connectivity index (χ3n) is 2.91. The van der Waals surface area contributed by atoms with Gasteiger partial charge in [0.1, 0.15) is 5.76 Å². The zero-order valence-corrected chi connectivity index (χ0v) is 13.0. The number of halogens is 1. The summed E-state index contributed by atoms with van der Waals surface area (Å²) in [6.07, 6.45) is 2.56. The van der Waals surface area contributed by atoms with Gasteiger partial charge in [0, 0.05) is 11.8 Å². The largest absolute Gasteiger partial charge is 0.467 e. The molecule has 1 amide bonds. The van der Waals surface area contributed by atoms with Crippen molar-refractivity contribution in [3.63, 3.8) is 0 Å². The van der Waals surface area contributed by atoms with Gasteiger partial charge >= 0.3 is 0 Å². The predicted octanol–water partition coefficient (Wildman–Crippen LogP) is 2.83. The van der Waals surface area contributed by atoms with Crippen molar-refractivity contribution in [3.8, 4) is 0 Å². The Kier molecular flexibility index (Phi) is 4.39. The van der Waals surface area contributed by atoms with Gasteiger partial charge in [0.25, 0.3) is 5.91 Å². The van der Waals surface area contributed by atoms with E-state index in [1.807, 2.05) is 0 Å². The monoisotopic (exact) mass is 327 g/mol. The molecule has 0 aliphatic carbocycles. The summed E-state index contributed by atoms with van der Waals surface area (Å²) in [7, 11) is -3.49. The van der Waals surface area contributed by atoms with Crippen molar-refractivity contribution < 1.29 is 17.6 Å². The molecule has 0 saturated heterocycles. The Balaban J connectivity index is 2.24. The Labute approximate surface area is 127 Å². The first-order chi connectivity index (χ1) is 9.79. The molecule has 7 heteroatoms. The maximum atomic E-state index is 12.2. The summed E-state index contributed by atoms with van der Waals surface area (Å²) in [4.78, 5) is 12.1. The van der Waals surface area contributed by atoms with Crippen molar-refractivity contribution in [1.29, 1.82) is 0 Å². The van der Waals surface area contributed by atoms with Crippen molar-refractivity contribution in [2.24, 2.45) is 0 Å². The molecule has 112 valence electrons. The second-order valence-electron chi connectivity index (χ2n) is 4.63. The third-order valence-corrected chi connectivity index (χ3v) is 4.49. The first-order valence-electron chi connectivity index (χ1n) is 6.13. The van der Waals surface area contributed by atoms with Gasteiger partial charge in [-0.3, -0.25) is 4.79 Å². The number of furan rings is 1. The van der Waals surface area contributed by atoms with Crippen LogP contribution in [0.1, 0.15) is 29.1 Å². The lowest BCUT2D eigenvalue weighted by atomic mass is 10.2. The Morgan fingerprint density at radius 1 is 1.33 bits per heavy atom. The molecule has 0 saturated carbocycles. The lowest BCUT2D eigenvalue weighted by Crippen LogP contribution is -2.26. The second-order valence-corrected chi connectivity index (χ2v) is 7.02. The van der Waals surface area contributed by atoms with Crippen LogP contribution in [0.5, 0.6) is 0 Å². The normalized spacial score (nSPS) is 12.9. The van der Waals surface area contributed by atoms with Crippen LogP contribution >= 0.6 is 11.6 Å². The lowest BCUT2D eigenvalue weighted by molar-refractivity contribution is 0.0935. The smallest absolute Gasteiger partial charge is 0.251 e. The summed E-state index contributed by atoms with van der Waals surface area (Å²) in [5.41, 5.74) is 0.221. The molecule has 5 nitrogen and oxygen atoms in total. The highest BCUT2D eigenvalue weighted by molar-refractivity contribution is 7.90. The average molecular weight is 328 g/mol. The van der Waals surface area contributed by atoms with Gasteiger partial charge in [-0.1, -0.05) is 11.6 Å². The van der Waals surface area contributed by atoms with Gasteiger partial charge in [0.2, 0.25) is 0 Å². The fraction of sp³-hybridized carbons (Fsp3) is 0.214. The average Bonchev–Trinajstić information content (AvgIpc) is 2.91. The lowest BCUT2D eigenvalue weighted by Gasteiger charge is -2.12. The molecule has 0 aliphatic rings. The molecular formula is C14H14ClNO4S. The van der Waals surface area contributed by atoms with E-state index in [9.17, 15) is 13.2 Å². The zero-order chi connectivity index (χ0) is 15.6. The molecular weight excluding hydrogens is 314 g/mol. The quantitative estimate of drug-likeness (QED) is 0.936. The van der Waals surface area contributed by atoms with Crippen LogP contribution in [0.2, 0.25) is 5.02 Å². The predicted molar refractivity (Wildman–Crippen MR) is 79.2 cm³/mol. The number of nitrogens with one attached hydrogen (secondary N) is 1. The summed E-state index contributed by atoms with van der Waals surface area (Å²) in [5.74, 6) is 0.209. The molecule has 0 spiro atoms. The molecule has 0 fully saturated rings. The van der Waals surface area contributed by atoms with Crippen LogP contribution < -0.4 is 5.32 Å². The van der Waals surface area contributed by atoms with Crippen molar-refractivity contribution in [1.82, 2.24) is 5.32 Å². The van der Waals surface area contributed by atoms with Gasteiger partial charge in [-0.05, 0) is 37.3 Å². The number of hydrogen-bond donors (Lipinski definition) is 1. The maximum Gasteiger partial charge on any atom is 0.251 e. The highest BCUT2D eigenvalue weighted by Crippen LogP contribution is 2.23. The Bertz CT molecular complexity index is 753. The molecule has 2 rings (SSSR count). The van der Waals surface area contributed by atoms with Crippen molar-refractivity contribution in [2.45, 2.75) is 17.9 Å². The van der Waals surface area contributed by atoms with Crippen molar-refractivity contribution >= 4 is 27.3 Å². The van der Waals surface area contributed by atoms with Crippen LogP contribution in [0, 0.1) is 0 Å². The van der Waals surface area contributed by atoms with Crippen LogP contribution in [0.3, 0.4) is 0 Å². The highest BCUT2D eigenvalue weighted by Gasteiger charge is 2.18. The molecule has 0 unspecified atom stereocenters. The van der Waals surface area contributed by atoms with Gasteiger partial charge in [0.15, 0.2) is 9.84 Å². The van der Waals surface area contributed by atoms with Gasteiger partial charge < -0.3 is 9.73 Å². The van der Waals surface area contributed by atoms with Gasteiger partial charge in [-0.25, -0.2) is 8.42 Å². The zero-order valence-electron chi connectivity index (χ0n) is 11.5. The summed E-state index contributed by atoms with van der Waals surface area (Å²) in [6, 6.07) is 7.27. The number of carbonyl (C=O) groups is 1. The van der Waals surface area contributed by atoms with Crippen LogP contribution in [0.4, 0.5) is 0 Å². The van der Waals surface area contributed by atoms with E-state index in [0.717, 1.165) is 6.26 Å². The van der Waals surface area contributed by atoms with Crippen LogP contribution in [0.15, 0.2) is 45.9 Å². The number of sulfone groups is 1. The Hall–Kier alpha value is -1.79. The number of rotatable bonds is 4. The minimum atomic E-state index is -3.49. The van der Waals surface area contributed by atoms with Gasteiger partial charge in [0.05, 0.1) is 22.2 Å². The summed E-state index contributed by atoms with van der Waals surface area (Å²) in [5, 5.41) is 2.82. The van der Waals surface area contributed by atoms with Gasteiger partial charge in [-0.2, -0.15) is 0 Å². The van der Waals surface area contributed by atoms with Crippen LogP contribution in [0.25, 0.3) is 0 Å². The Morgan fingerprint density at radius 3 is 2.62 bits per heavy atom. The summed E-state index contributed by atoms with van der Waals surface area (Å²) < 4.78 is 28.4. The van der Waals surface area contributed by atoms with E-state index in [2.05, 4.69) is 5.32 Å². The van der Waals surface area contributed by atoms with E-state index in [0.29, 0.717) is 5.76 Å². The van der Waals surface area contributed by atoms with E-state index in [1.54, 1.807) is 19.1 Å². The standard InChI is InChI=1S/C14H14ClNO4S/c1-9(12-4-3-7-20-12)16-14(17)10-5-6-11(15)13(8-10)21(2,18)19/h3-9H,1-2H3,(H,16,17)/t9-/m1/s1. The number of amides is 1. The van der Waals surface area contributed by atoms with Crippen molar-refractivity contribution in [2.75, 3.05) is 6.26 Å². The van der Waals surface area contributed by atoms with E-state index >= 15 is 0 Å². The molecule has 1 heterocycles. The summed E-state index contributed by atoms with van der Waals surface area (Å²) >= 11 is 5.85. The SMILES string of the molecule is C[C@@H](NC(=O)c1ccc(Cl)c(S(C)(=O)=O)c1)c1ccco1. The summed E-state index contributed by atoms with van der Waals surface area (Å²) in [6.45, 7) is 1.77. The van der Waals surface area contributed by atoms with Crippen LogP contribution in [-0.4, -0.2) is 20.6 Å². The molecule has 0 bridgehead atoms. The molecule has 0 aliphatic heterocycles. The molecule has 2 aromatic rings. The molecule has 21 heavy (non-hydrogen) atoms. The number of carbonyl (C=O) groups excluding carboxylic acids is 1. The van der Waals surface area contributed by atoms with E-state index in [1.165, 1.54) is 24.5 Å². The minimum Gasteiger partial charge on any atom is -0.467 e. The van der Waals surface area contributed by atoms with Crippen molar-refractivity contribution in [3.05, 3.63) is 52.9 Å². The molecule has 1 aromatic carbocycles. The minimum absolute atomic E-state index is 0.0672. The molecule has 1 atom stereocenters. The molecule has 1 aromatic heterocycles. The van der Waals surface area contributed by atoms with E-state index in [4.69, 9.17) is 16.0 Å². The van der Waals surface area contributed by atoms with Crippen LogP contribution in [-0.2, 0) is 9.84 Å². The maximum absolute atomic E-state index is 12.2. The fourth-order valence-electron chi connectivity index (χ4n) is 1.82. The Morgan fingerprint density at radius 2 is 2.05 bits per heavy atom. The third kappa shape index (κ3) is 3.65. The first-order valence-corrected chi connectivity index (χ1v) is 8.40. The van der Waals surface area contributed by atoms with E-state index < -0.39 is 15.7 Å². The van der Waals surface area contributed by atoms with E-state index in [-0.39, 0.29) is 21.5 Å².